The number of piperazine rings is 2. The maximum absolute atomic E-state index is 12.9. The number of carbonyl (C=O) groups is 2. The Morgan fingerprint density at radius 1 is 1.04 bits per heavy atom. The van der Waals surface area contributed by atoms with E-state index >= 15 is 0 Å². The molecule has 3 aliphatic rings. The van der Waals surface area contributed by atoms with Crippen LogP contribution in [-0.4, -0.2) is 74.6 Å². The molecule has 28 heavy (non-hydrogen) atoms. The number of hydrogen-bond donors (Lipinski definition) is 0. The fourth-order valence-corrected chi connectivity index (χ4v) is 4.82. The normalized spacial score (nSPS) is 25.2. The summed E-state index contributed by atoms with van der Waals surface area (Å²) in [4.78, 5) is 31.4. The lowest BCUT2D eigenvalue weighted by molar-refractivity contribution is -0.163. The summed E-state index contributed by atoms with van der Waals surface area (Å²) in [5, 5.41) is 5.08. The highest BCUT2D eigenvalue weighted by atomic mass is 35.5. The van der Waals surface area contributed by atoms with E-state index in [2.05, 4.69) is 10.00 Å². The van der Waals surface area contributed by atoms with Crippen molar-refractivity contribution in [1.29, 1.82) is 0 Å². The molecule has 1 aromatic carbocycles. The van der Waals surface area contributed by atoms with Crippen LogP contribution < -0.4 is 0 Å². The van der Waals surface area contributed by atoms with Crippen LogP contribution in [0.15, 0.2) is 36.7 Å². The van der Waals surface area contributed by atoms with Gasteiger partial charge in [-0.25, -0.2) is 4.68 Å². The number of para-hydroxylation sites is 1. The number of benzene rings is 1. The van der Waals surface area contributed by atoms with E-state index in [-0.39, 0.29) is 23.9 Å². The second kappa shape index (κ2) is 6.90. The third-order valence-corrected chi connectivity index (χ3v) is 6.31. The van der Waals surface area contributed by atoms with Crippen molar-refractivity contribution < 1.29 is 9.59 Å². The quantitative estimate of drug-likeness (QED) is 0.785. The Balaban J connectivity index is 1.30. The molecule has 1 aromatic heterocycles. The smallest absolute Gasteiger partial charge is 0.247 e. The van der Waals surface area contributed by atoms with Gasteiger partial charge in [-0.15, -0.1) is 0 Å². The first-order valence-electron chi connectivity index (χ1n) is 9.73. The van der Waals surface area contributed by atoms with E-state index in [0.29, 0.717) is 31.2 Å². The lowest BCUT2D eigenvalue weighted by Gasteiger charge is -2.47. The molecular formula is C20H22ClN5O2. The van der Waals surface area contributed by atoms with Crippen LogP contribution in [0.5, 0.6) is 0 Å². The van der Waals surface area contributed by atoms with Crippen LogP contribution in [0.4, 0.5) is 0 Å². The van der Waals surface area contributed by atoms with Crippen LogP contribution in [0.3, 0.4) is 0 Å². The predicted octanol–water partition coefficient (Wildman–Crippen LogP) is 1.54. The van der Waals surface area contributed by atoms with E-state index in [1.54, 1.807) is 14.5 Å². The third-order valence-electron chi connectivity index (χ3n) is 6.00. The molecule has 3 aliphatic heterocycles. The van der Waals surface area contributed by atoms with Gasteiger partial charge >= 0.3 is 0 Å². The Morgan fingerprint density at radius 2 is 1.82 bits per heavy atom. The molecular weight excluding hydrogens is 378 g/mol. The molecule has 4 heterocycles. The van der Waals surface area contributed by atoms with E-state index in [4.69, 9.17) is 11.6 Å². The number of rotatable bonds is 3. The molecule has 8 heteroatoms. The van der Waals surface area contributed by atoms with Gasteiger partial charge in [0.15, 0.2) is 0 Å². The summed E-state index contributed by atoms with van der Waals surface area (Å²) in [6, 6.07) is 7.02. The topological polar surface area (TPSA) is 61.7 Å². The zero-order valence-corrected chi connectivity index (χ0v) is 16.3. The van der Waals surface area contributed by atoms with Gasteiger partial charge in [0, 0.05) is 44.5 Å². The Morgan fingerprint density at radius 3 is 2.68 bits per heavy atom. The summed E-state index contributed by atoms with van der Waals surface area (Å²) < 4.78 is 1.78. The lowest BCUT2D eigenvalue weighted by Crippen LogP contribution is -2.68. The minimum atomic E-state index is -0.353. The average molecular weight is 400 g/mol. The van der Waals surface area contributed by atoms with Crippen LogP contribution in [0.1, 0.15) is 18.4 Å². The number of amides is 2. The second-order valence-electron chi connectivity index (χ2n) is 7.72. The summed E-state index contributed by atoms with van der Waals surface area (Å²) in [6.45, 7) is 3.35. The van der Waals surface area contributed by atoms with Gasteiger partial charge < -0.3 is 9.80 Å². The molecule has 0 aliphatic carbocycles. The maximum Gasteiger partial charge on any atom is 0.247 e. The Labute approximate surface area is 168 Å². The summed E-state index contributed by atoms with van der Waals surface area (Å²) in [5.74, 6) is 0.242. The molecule has 0 unspecified atom stereocenters. The van der Waals surface area contributed by atoms with Crippen molar-refractivity contribution in [3.8, 4) is 5.69 Å². The van der Waals surface area contributed by atoms with Gasteiger partial charge in [0.05, 0.1) is 16.9 Å². The van der Waals surface area contributed by atoms with Crippen molar-refractivity contribution in [2.45, 2.75) is 31.5 Å². The van der Waals surface area contributed by atoms with E-state index in [9.17, 15) is 9.59 Å². The molecule has 2 aromatic rings. The fourth-order valence-electron chi connectivity index (χ4n) is 4.60. The monoisotopic (exact) mass is 399 g/mol. The van der Waals surface area contributed by atoms with Crippen molar-refractivity contribution >= 4 is 23.4 Å². The van der Waals surface area contributed by atoms with Gasteiger partial charge in [-0.1, -0.05) is 23.7 Å². The molecule has 0 saturated carbocycles. The van der Waals surface area contributed by atoms with Crippen molar-refractivity contribution in [2.75, 3.05) is 26.2 Å². The number of hydrogen-bond acceptors (Lipinski definition) is 4. The van der Waals surface area contributed by atoms with Crippen molar-refractivity contribution in [3.05, 3.63) is 47.2 Å². The van der Waals surface area contributed by atoms with E-state index < -0.39 is 0 Å². The molecule has 0 radical (unpaired) electrons. The van der Waals surface area contributed by atoms with Gasteiger partial charge in [0.2, 0.25) is 11.8 Å². The number of fused-ring (bicyclic) bond motifs is 2. The molecule has 5 rings (SSSR count). The largest absolute Gasteiger partial charge is 0.329 e. The van der Waals surface area contributed by atoms with E-state index in [0.717, 1.165) is 30.6 Å². The number of nitrogens with zero attached hydrogens (tertiary/aromatic N) is 5. The third kappa shape index (κ3) is 2.89. The number of aromatic nitrogens is 2. The molecule has 0 N–H and O–H groups in total. The van der Waals surface area contributed by atoms with E-state index in [1.165, 1.54) is 0 Å². The molecule has 0 spiro atoms. The predicted molar refractivity (Wildman–Crippen MR) is 104 cm³/mol. The zero-order chi connectivity index (χ0) is 19.3. The molecule has 7 nitrogen and oxygen atoms in total. The van der Waals surface area contributed by atoms with Gasteiger partial charge in [-0.05, 0) is 25.0 Å². The zero-order valence-electron chi connectivity index (χ0n) is 15.5. The minimum absolute atomic E-state index is 0.110. The van der Waals surface area contributed by atoms with Crippen molar-refractivity contribution in [3.63, 3.8) is 0 Å². The Hall–Kier alpha value is -2.38. The fraction of sp³-hybridized carbons (Fsp3) is 0.450. The van der Waals surface area contributed by atoms with Gasteiger partial charge in [-0.3, -0.25) is 14.5 Å². The van der Waals surface area contributed by atoms with Crippen molar-refractivity contribution in [1.82, 2.24) is 24.5 Å². The summed E-state index contributed by atoms with van der Waals surface area (Å²) in [6.07, 6.45) is 5.53. The van der Waals surface area contributed by atoms with Gasteiger partial charge in [0.25, 0.3) is 0 Å². The highest BCUT2D eigenvalue weighted by Gasteiger charge is 2.49. The minimum Gasteiger partial charge on any atom is -0.329 e. The molecule has 0 bridgehead atoms. The number of carbonyl (C=O) groups excluding carboxylic acids is 2. The molecule has 2 amide bonds. The van der Waals surface area contributed by atoms with Crippen LogP contribution in [0.2, 0.25) is 5.02 Å². The first kappa shape index (κ1) is 17.7. The summed E-state index contributed by atoms with van der Waals surface area (Å²) in [7, 11) is 0. The van der Waals surface area contributed by atoms with Crippen LogP contribution in [-0.2, 0) is 16.1 Å². The van der Waals surface area contributed by atoms with Crippen LogP contribution in [0.25, 0.3) is 5.69 Å². The summed E-state index contributed by atoms with van der Waals surface area (Å²) >= 11 is 6.26. The highest BCUT2D eigenvalue weighted by Crippen LogP contribution is 2.29. The molecule has 3 fully saturated rings. The van der Waals surface area contributed by atoms with Crippen molar-refractivity contribution in [2.24, 2.45) is 0 Å². The average Bonchev–Trinajstić information content (AvgIpc) is 3.36. The maximum atomic E-state index is 12.9. The van der Waals surface area contributed by atoms with Crippen LogP contribution in [0, 0.1) is 0 Å². The standard InChI is InChI=1S/C20H22ClN5O2/c21-15-4-1-2-5-16(15)26-12-14(10-22-26)11-23-8-9-25-18(13-23)20(28)24-7-3-6-17(24)19(25)27/h1-2,4-5,10,12,17-18H,3,6-9,11,13H2/t17-,18+/m0/s1. The van der Waals surface area contributed by atoms with Crippen LogP contribution >= 0.6 is 11.6 Å². The number of halogens is 1. The first-order chi connectivity index (χ1) is 13.6. The molecule has 2 atom stereocenters. The Bertz CT molecular complexity index is 929. The van der Waals surface area contributed by atoms with E-state index in [1.807, 2.05) is 36.7 Å². The highest BCUT2D eigenvalue weighted by molar-refractivity contribution is 6.32. The lowest BCUT2D eigenvalue weighted by atomic mass is 10.0. The first-order valence-corrected chi connectivity index (χ1v) is 10.1. The SMILES string of the molecule is O=C1[C@@H]2CCCN2C(=O)[C@H]2CN(Cc3cnn(-c4ccccc4Cl)c3)CCN12. The second-order valence-corrected chi connectivity index (χ2v) is 8.12. The Kier molecular flexibility index (Phi) is 4.36. The van der Waals surface area contributed by atoms with Gasteiger partial charge in [-0.2, -0.15) is 5.10 Å². The molecule has 3 saturated heterocycles. The summed E-state index contributed by atoms with van der Waals surface area (Å²) in [5.41, 5.74) is 1.90. The van der Waals surface area contributed by atoms with Gasteiger partial charge in [0.1, 0.15) is 12.1 Å². The molecule has 146 valence electrons.